The van der Waals surface area contributed by atoms with Crippen molar-refractivity contribution in [3.05, 3.63) is 0 Å². The minimum Gasteiger partial charge on any atom is -0.318 e. The summed E-state index contributed by atoms with van der Waals surface area (Å²) in [7, 11) is 0. The van der Waals surface area contributed by atoms with Gasteiger partial charge in [-0.25, -0.2) is 4.79 Å². The average molecular weight is 122 g/mol. The first-order chi connectivity index (χ1) is 3.31. The van der Waals surface area contributed by atoms with Crippen LogP contribution in [0.2, 0.25) is 0 Å². The molecule has 0 spiro atoms. The van der Waals surface area contributed by atoms with Gasteiger partial charge in [0.2, 0.25) is 0 Å². The van der Waals surface area contributed by atoms with Crippen LogP contribution < -0.4 is 0 Å². The zero-order chi connectivity index (χ0) is 5.70. The van der Waals surface area contributed by atoms with E-state index in [2.05, 4.69) is 16.7 Å². The SMILES string of the molecule is C=NOC(=O)CCl. The van der Waals surface area contributed by atoms with Crippen molar-refractivity contribution >= 4 is 24.3 Å². The lowest BCUT2D eigenvalue weighted by Crippen LogP contribution is -1.98. The summed E-state index contributed by atoms with van der Waals surface area (Å²) >= 11 is 4.97. The van der Waals surface area contributed by atoms with Gasteiger partial charge in [-0.3, -0.25) is 0 Å². The van der Waals surface area contributed by atoms with Gasteiger partial charge in [0.25, 0.3) is 0 Å². The van der Waals surface area contributed by atoms with Crippen LogP contribution in [-0.4, -0.2) is 18.6 Å². The molecule has 3 nitrogen and oxygen atoms in total. The van der Waals surface area contributed by atoms with E-state index in [1.54, 1.807) is 0 Å². The monoisotopic (exact) mass is 121 g/mol. The number of hydrogen-bond donors (Lipinski definition) is 0. The van der Waals surface area contributed by atoms with E-state index < -0.39 is 5.97 Å². The predicted molar refractivity (Wildman–Crippen MR) is 26.4 cm³/mol. The maximum absolute atomic E-state index is 9.92. The van der Waals surface area contributed by atoms with Crippen LogP contribution in [0.25, 0.3) is 0 Å². The smallest absolute Gasteiger partial charge is 0.318 e. The normalized spacial score (nSPS) is 7.57. The van der Waals surface area contributed by atoms with Crippen LogP contribution in [0.1, 0.15) is 0 Å². The van der Waals surface area contributed by atoms with Crippen molar-refractivity contribution in [2.75, 3.05) is 5.88 Å². The standard InChI is InChI=1S/C3H4ClNO2/c1-5-7-3(6)2-4/h1-2H2. The summed E-state index contributed by atoms with van der Waals surface area (Å²) in [6.07, 6.45) is 0. The molecule has 0 atom stereocenters. The molecule has 0 aromatic carbocycles. The highest BCUT2D eigenvalue weighted by atomic mass is 35.5. The first-order valence-corrected chi connectivity index (χ1v) is 2.06. The Hall–Kier alpha value is -0.570. The molecule has 0 fully saturated rings. The predicted octanol–water partition coefficient (Wildman–Crippen LogP) is 0.384. The summed E-state index contributed by atoms with van der Waals surface area (Å²) in [5, 5.41) is 2.82. The van der Waals surface area contributed by atoms with Gasteiger partial charge in [0, 0.05) is 6.72 Å². The lowest BCUT2D eigenvalue weighted by Gasteiger charge is -1.85. The van der Waals surface area contributed by atoms with Crippen LogP contribution in [0.15, 0.2) is 5.16 Å². The Morgan fingerprint density at radius 2 is 2.57 bits per heavy atom. The van der Waals surface area contributed by atoms with E-state index in [9.17, 15) is 4.79 Å². The van der Waals surface area contributed by atoms with Crippen molar-refractivity contribution < 1.29 is 9.63 Å². The van der Waals surface area contributed by atoms with Gasteiger partial charge in [0.1, 0.15) is 5.88 Å². The van der Waals surface area contributed by atoms with Crippen molar-refractivity contribution in [2.45, 2.75) is 0 Å². The van der Waals surface area contributed by atoms with Crippen LogP contribution in [-0.2, 0) is 9.63 Å². The molecule has 7 heavy (non-hydrogen) atoms. The summed E-state index contributed by atoms with van der Waals surface area (Å²) in [5.41, 5.74) is 0. The Labute approximate surface area is 45.9 Å². The van der Waals surface area contributed by atoms with E-state index in [1.807, 2.05) is 0 Å². The molecule has 0 aliphatic carbocycles. The highest BCUT2D eigenvalue weighted by Gasteiger charge is 1.93. The lowest BCUT2D eigenvalue weighted by molar-refractivity contribution is -0.140. The third kappa shape index (κ3) is 3.26. The summed E-state index contributed by atoms with van der Waals surface area (Å²) in [4.78, 5) is 13.9. The number of hydrogen-bond acceptors (Lipinski definition) is 3. The number of halogens is 1. The molecule has 0 aromatic heterocycles. The maximum atomic E-state index is 9.92. The van der Waals surface area contributed by atoms with Crippen LogP contribution in [0.3, 0.4) is 0 Å². The first kappa shape index (κ1) is 6.43. The van der Waals surface area contributed by atoms with Gasteiger partial charge in [0.15, 0.2) is 0 Å². The largest absolute Gasteiger partial charge is 0.349 e. The second-order valence-corrected chi connectivity index (χ2v) is 0.993. The highest BCUT2D eigenvalue weighted by Crippen LogP contribution is 1.79. The van der Waals surface area contributed by atoms with Crippen LogP contribution in [0, 0.1) is 0 Å². The molecular weight excluding hydrogens is 117 g/mol. The van der Waals surface area contributed by atoms with E-state index in [4.69, 9.17) is 11.6 Å². The molecule has 0 unspecified atom stereocenters. The van der Waals surface area contributed by atoms with Gasteiger partial charge in [-0.15, -0.1) is 11.6 Å². The first-order valence-electron chi connectivity index (χ1n) is 1.53. The second kappa shape index (κ2) is 3.61. The third-order valence-electron chi connectivity index (χ3n) is 0.275. The molecule has 4 heteroatoms. The quantitative estimate of drug-likeness (QED) is 0.229. The number of carbonyl (C=O) groups is 1. The maximum Gasteiger partial charge on any atom is 0.349 e. The van der Waals surface area contributed by atoms with E-state index in [0.717, 1.165) is 0 Å². The minimum atomic E-state index is -0.586. The molecule has 0 aliphatic heterocycles. The van der Waals surface area contributed by atoms with E-state index >= 15 is 0 Å². The molecule has 0 heterocycles. The molecular formula is C3H4ClNO2. The molecule has 0 saturated heterocycles. The Kier molecular flexibility index (Phi) is 3.32. The molecule has 0 aromatic rings. The molecule has 0 N–H and O–H groups in total. The second-order valence-electron chi connectivity index (χ2n) is 0.726. The molecule has 0 saturated carbocycles. The summed E-state index contributed by atoms with van der Waals surface area (Å²) in [5.74, 6) is -0.768. The number of carbonyl (C=O) groups excluding carboxylic acids is 1. The molecule has 0 amide bonds. The molecule has 0 radical (unpaired) electrons. The topological polar surface area (TPSA) is 38.7 Å². The average Bonchev–Trinajstić information content (AvgIpc) is 1.68. The minimum absolute atomic E-state index is 0.182. The van der Waals surface area contributed by atoms with Gasteiger partial charge in [-0.2, -0.15) is 0 Å². The number of rotatable bonds is 2. The summed E-state index contributed by atoms with van der Waals surface area (Å²) < 4.78 is 0. The molecule has 0 aliphatic rings. The van der Waals surface area contributed by atoms with Crippen molar-refractivity contribution in [1.29, 1.82) is 0 Å². The van der Waals surface area contributed by atoms with Gasteiger partial charge in [0.05, 0.1) is 0 Å². The van der Waals surface area contributed by atoms with Crippen LogP contribution in [0.4, 0.5) is 0 Å². The number of alkyl halides is 1. The summed E-state index contributed by atoms with van der Waals surface area (Å²) in [6, 6.07) is 0. The van der Waals surface area contributed by atoms with Crippen molar-refractivity contribution in [2.24, 2.45) is 5.16 Å². The van der Waals surface area contributed by atoms with Gasteiger partial charge in [-0.05, 0) is 0 Å². The zero-order valence-electron chi connectivity index (χ0n) is 3.56. The van der Waals surface area contributed by atoms with E-state index in [-0.39, 0.29) is 5.88 Å². The third-order valence-corrected chi connectivity index (χ3v) is 0.494. The fourth-order valence-electron chi connectivity index (χ4n) is 0.0964. The van der Waals surface area contributed by atoms with E-state index in [0.29, 0.717) is 0 Å². The van der Waals surface area contributed by atoms with Gasteiger partial charge < -0.3 is 4.84 Å². The van der Waals surface area contributed by atoms with Gasteiger partial charge in [-0.1, -0.05) is 5.16 Å². The van der Waals surface area contributed by atoms with Gasteiger partial charge >= 0.3 is 5.97 Å². The van der Waals surface area contributed by atoms with Crippen molar-refractivity contribution in [3.63, 3.8) is 0 Å². The molecule has 0 bridgehead atoms. The Morgan fingerprint density at radius 1 is 2.00 bits per heavy atom. The Bertz CT molecular complexity index is 83.0. The molecule has 40 valence electrons. The molecule has 0 rings (SSSR count). The fraction of sp³-hybridized carbons (Fsp3) is 0.333. The number of oxime groups is 1. The van der Waals surface area contributed by atoms with Crippen molar-refractivity contribution in [3.8, 4) is 0 Å². The Morgan fingerprint density at radius 3 is 2.71 bits per heavy atom. The van der Waals surface area contributed by atoms with Crippen LogP contribution >= 0.6 is 11.6 Å². The van der Waals surface area contributed by atoms with Crippen molar-refractivity contribution in [1.82, 2.24) is 0 Å². The van der Waals surface area contributed by atoms with E-state index in [1.165, 1.54) is 0 Å². The lowest BCUT2D eigenvalue weighted by atomic mass is 10.8. The fourth-order valence-corrected chi connectivity index (χ4v) is 0.145. The zero-order valence-corrected chi connectivity index (χ0v) is 4.31. The van der Waals surface area contributed by atoms with Crippen LogP contribution in [0.5, 0.6) is 0 Å². The summed E-state index contributed by atoms with van der Waals surface area (Å²) in [6.45, 7) is 2.90. The Balaban J connectivity index is 3.17. The highest BCUT2D eigenvalue weighted by molar-refractivity contribution is 6.26. The number of nitrogens with zero attached hydrogens (tertiary/aromatic N) is 1.